The fourth-order valence-corrected chi connectivity index (χ4v) is 4.11. The second kappa shape index (κ2) is 8.44. The van der Waals surface area contributed by atoms with Crippen LogP contribution in [0.15, 0.2) is 16.3 Å². The van der Waals surface area contributed by atoms with Gasteiger partial charge in [-0.2, -0.15) is 0 Å². The van der Waals surface area contributed by atoms with E-state index in [9.17, 15) is 19.5 Å². The molecule has 2 N–H and O–H groups in total. The normalized spacial score (nSPS) is 36.3. The third-order valence-corrected chi connectivity index (χ3v) is 6.00. The lowest BCUT2D eigenvalue weighted by Crippen LogP contribution is -2.49. The van der Waals surface area contributed by atoms with Crippen LogP contribution in [0.5, 0.6) is 0 Å². The smallest absolute Gasteiger partial charge is 0.309 e. The van der Waals surface area contributed by atoms with Gasteiger partial charge in [0.2, 0.25) is 0 Å². The first kappa shape index (κ1) is 19.9. The largest absolute Gasteiger partial charge is 0.469 e. The van der Waals surface area contributed by atoms with Crippen molar-refractivity contribution in [3.05, 3.63) is 11.3 Å². The number of rotatable bonds is 1. The summed E-state index contributed by atoms with van der Waals surface area (Å²) in [5.74, 6) is -2.18. The van der Waals surface area contributed by atoms with Crippen LogP contribution in [0.3, 0.4) is 0 Å². The zero-order valence-corrected chi connectivity index (χ0v) is 15.9. The summed E-state index contributed by atoms with van der Waals surface area (Å²) in [6, 6.07) is 0. The van der Waals surface area contributed by atoms with Gasteiger partial charge < -0.3 is 9.84 Å². The van der Waals surface area contributed by atoms with Crippen LogP contribution >= 0.6 is 0 Å². The van der Waals surface area contributed by atoms with Crippen molar-refractivity contribution in [2.24, 2.45) is 28.7 Å². The topological polar surface area (TPSA) is 105 Å². The van der Waals surface area contributed by atoms with Crippen LogP contribution in [0.25, 0.3) is 0 Å². The van der Waals surface area contributed by atoms with E-state index in [2.05, 4.69) is 10.3 Å². The lowest BCUT2D eigenvalue weighted by Gasteiger charge is -2.36. The van der Waals surface area contributed by atoms with Crippen LogP contribution in [0.4, 0.5) is 0 Å². The molecule has 0 aromatic rings. The van der Waals surface area contributed by atoms with Gasteiger partial charge in [-0.25, -0.2) is 0 Å². The Kier molecular flexibility index (Phi) is 6.22. The molecule has 0 amide bonds. The minimum atomic E-state index is -1.07. The predicted molar refractivity (Wildman–Crippen MR) is 98.9 cm³/mol. The Morgan fingerprint density at radius 1 is 1.33 bits per heavy atom. The van der Waals surface area contributed by atoms with E-state index >= 15 is 0 Å². The number of hydrogen-bond acceptors (Lipinski definition) is 7. The molecular formula is C20H28N2O5. The molecule has 1 fully saturated rings. The van der Waals surface area contributed by atoms with Crippen LogP contribution in [0.2, 0.25) is 0 Å². The number of aliphatic hydroxyl groups is 1. The third-order valence-electron chi connectivity index (χ3n) is 6.00. The molecule has 0 radical (unpaired) electrons. The molecule has 2 unspecified atom stereocenters. The first-order valence-electron chi connectivity index (χ1n) is 9.69. The molecule has 7 nitrogen and oxygen atoms in total. The van der Waals surface area contributed by atoms with Gasteiger partial charge in [-0.1, -0.05) is 6.92 Å². The Morgan fingerprint density at radius 2 is 2.11 bits per heavy atom. The molecule has 3 rings (SSSR count). The van der Waals surface area contributed by atoms with Gasteiger partial charge in [0.15, 0.2) is 0 Å². The first-order chi connectivity index (χ1) is 12.9. The molecule has 0 aromatic carbocycles. The average Bonchev–Trinajstić information content (AvgIpc) is 3.40. The van der Waals surface area contributed by atoms with Gasteiger partial charge in [-0.15, -0.1) is 0 Å². The van der Waals surface area contributed by atoms with Gasteiger partial charge in [0.05, 0.1) is 19.6 Å². The zero-order chi connectivity index (χ0) is 19.6. The molecule has 27 heavy (non-hydrogen) atoms. The SMILES string of the molecule is COC(=O)[C@@H]1CC(=O)CC2[C@@H](O)NCC(=O)C(C)CCCC3=C(C3)/N=C\[C@@H]21. The maximum atomic E-state index is 12.3. The number of methoxy groups -OCH3 is 1. The molecule has 2 aliphatic carbocycles. The number of nitrogens with zero attached hydrogens (tertiary/aromatic N) is 1. The second-order valence-corrected chi connectivity index (χ2v) is 7.91. The second-order valence-electron chi connectivity index (χ2n) is 7.91. The maximum absolute atomic E-state index is 12.3. The van der Waals surface area contributed by atoms with Crippen molar-refractivity contribution in [2.75, 3.05) is 13.7 Å². The van der Waals surface area contributed by atoms with E-state index < -0.39 is 30.0 Å². The number of ketones is 2. The number of nitrogens with one attached hydrogen (secondary N) is 1. The molecular weight excluding hydrogens is 348 g/mol. The van der Waals surface area contributed by atoms with Crippen molar-refractivity contribution in [1.82, 2.24) is 5.32 Å². The van der Waals surface area contributed by atoms with Crippen molar-refractivity contribution in [3.63, 3.8) is 0 Å². The van der Waals surface area contributed by atoms with E-state index in [1.54, 1.807) is 6.21 Å². The molecule has 0 spiro atoms. The van der Waals surface area contributed by atoms with E-state index in [0.717, 1.165) is 31.4 Å². The highest BCUT2D eigenvalue weighted by molar-refractivity contribution is 5.89. The van der Waals surface area contributed by atoms with Crippen molar-refractivity contribution >= 4 is 23.8 Å². The highest BCUT2D eigenvalue weighted by atomic mass is 16.5. The highest BCUT2D eigenvalue weighted by Crippen LogP contribution is 2.39. The summed E-state index contributed by atoms with van der Waals surface area (Å²) in [4.78, 5) is 41.3. The Labute approximate surface area is 159 Å². The Hall–Kier alpha value is -1.86. The number of carbonyl (C=O) groups excluding carboxylic acids is 3. The molecule has 0 bridgehead atoms. The van der Waals surface area contributed by atoms with Gasteiger partial charge in [0.25, 0.3) is 0 Å². The number of allylic oxidation sites excluding steroid dienone is 2. The quantitative estimate of drug-likeness (QED) is 0.670. The van der Waals surface area contributed by atoms with Gasteiger partial charge in [-0.3, -0.25) is 24.7 Å². The van der Waals surface area contributed by atoms with Crippen LogP contribution in [0.1, 0.15) is 45.4 Å². The molecule has 0 saturated heterocycles. The van der Waals surface area contributed by atoms with Gasteiger partial charge in [0, 0.05) is 48.9 Å². The Balaban J connectivity index is 1.88. The fourth-order valence-electron chi connectivity index (χ4n) is 4.11. The van der Waals surface area contributed by atoms with E-state index in [-0.39, 0.29) is 36.9 Å². The van der Waals surface area contributed by atoms with Gasteiger partial charge >= 0.3 is 5.97 Å². The van der Waals surface area contributed by atoms with Crippen molar-refractivity contribution in [3.8, 4) is 0 Å². The summed E-state index contributed by atoms with van der Waals surface area (Å²) in [6.45, 7) is 1.95. The van der Waals surface area contributed by atoms with E-state index in [1.807, 2.05) is 6.92 Å². The van der Waals surface area contributed by atoms with Gasteiger partial charge in [-0.05, 0) is 24.8 Å². The summed E-state index contributed by atoms with van der Waals surface area (Å²) in [6.07, 6.45) is 4.43. The number of aliphatic hydroxyl groups excluding tert-OH is 1. The number of esters is 1. The molecule has 5 atom stereocenters. The molecule has 1 aliphatic heterocycles. The first-order valence-corrected chi connectivity index (χ1v) is 9.69. The summed E-state index contributed by atoms with van der Waals surface area (Å²) in [5, 5.41) is 13.5. The average molecular weight is 376 g/mol. The molecule has 1 saturated carbocycles. The Bertz CT molecular complexity index is 684. The minimum Gasteiger partial charge on any atom is -0.469 e. The number of ether oxygens (including phenoxy) is 1. The van der Waals surface area contributed by atoms with Crippen LogP contribution in [0, 0.1) is 23.7 Å². The zero-order valence-electron chi connectivity index (χ0n) is 15.9. The summed E-state index contributed by atoms with van der Waals surface area (Å²) >= 11 is 0. The predicted octanol–water partition coefficient (Wildman–Crippen LogP) is 1.40. The van der Waals surface area contributed by atoms with Crippen LogP contribution < -0.4 is 5.32 Å². The van der Waals surface area contributed by atoms with Crippen molar-refractivity contribution in [1.29, 1.82) is 0 Å². The van der Waals surface area contributed by atoms with Gasteiger partial charge in [0.1, 0.15) is 17.8 Å². The number of aliphatic imine (C=N–C) groups is 1. The summed E-state index contributed by atoms with van der Waals surface area (Å²) < 4.78 is 4.88. The molecule has 0 aromatic heterocycles. The fraction of sp³-hybridized carbons (Fsp3) is 0.700. The number of carbonyl (C=O) groups is 3. The van der Waals surface area contributed by atoms with E-state index in [4.69, 9.17) is 4.74 Å². The number of fused-ring (bicyclic) bond motifs is 1. The molecule has 148 valence electrons. The molecule has 3 aliphatic rings. The Morgan fingerprint density at radius 3 is 2.85 bits per heavy atom. The number of hydrogen-bond donors (Lipinski definition) is 2. The van der Waals surface area contributed by atoms with E-state index in [1.165, 1.54) is 12.7 Å². The van der Waals surface area contributed by atoms with Crippen molar-refractivity contribution < 1.29 is 24.2 Å². The number of Topliss-reactive ketones (excluding diaryl/α,β-unsaturated/α-hetero) is 2. The molecule has 1 heterocycles. The monoisotopic (exact) mass is 376 g/mol. The molecule has 7 heteroatoms. The van der Waals surface area contributed by atoms with Crippen molar-refractivity contribution in [2.45, 2.75) is 51.7 Å². The lowest BCUT2D eigenvalue weighted by molar-refractivity contribution is -0.152. The van der Waals surface area contributed by atoms with Crippen LogP contribution in [-0.4, -0.2) is 48.7 Å². The lowest BCUT2D eigenvalue weighted by atomic mass is 9.71. The van der Waals surface area contributed by atoms with E-state index in [0.29, 0.717) is 0 Å². The van der Waals surface area contributed by atoms with Crippen LogP contribution in [-0.2, 0) is 19.1 Å². The minimum absolute atomic E-state index is 0.0491. The summed E-state index contributed by atoms with van der Waals surface area (Å²) in [5.41, 5.74) is 2.31. The standard InChI is InChI=1S/C20H28N2O5/c1-11-4-3-5-12-6-17(12)21-9-16-14(19(25)22-10-18(11)24)7-13(23)8-15(16)20(26)27-2/h9,11,14-16,19,22,25H,3-8,10H2,1-2H3/b21-9-/t11?,14?,15-,16+,19-/m1/s1. The summed E-state index contributed by atoms with van der Waals surface area (Å²) in [7, 11) is 1.30. The highest BCUT2D eigenvalue weighted by Gasteiger charge is 2.44. The third kappa shape index (κ3) is 4.71. The maximum Gasteiger partial charge on any atom is 0.309 e.